The number of carbonyl (C=O) groups is 2. The Morgan fingerprint density at radius 1 is 1.14 bits per heavy atom. The maximum atomic E-state index is 11.8. The molecule has 3 N–H and O–H groups in total. The normalized spacial score (nSPS) is 10.5. The first-order chi connectivity index (χ1) is 10.1. The van der Waals surface area contributed by atoms with Crippen molar-refractivity contribution in [3.05, 3.63) is 59.9 Å². The highest BCUT2D eigenvalue weighted by Gasteiger charge is 2.10. The van der Waals surface area contributed by atoms with Gasteiger partial charge < -0.3 is 15.5 Å². The van der Waals surface area contributed by atoms with Crippen LogP contribution in [0.15, 0.2) is 48.8 Å². The van der Waals surface area contributed by atoms with Crippen molar-refractivity contribution in [2.45, 2.75) is 0 Å². The van der Waals surface area contributed by atoms with Crippen LogP contribution in [0.4, 0.5) is 5.69 Å². The Morgan fingerprint density at radius 3 is 2.52 bits per heavy atom. The average molecular weight is 284 g/mol. The lowest BCUT2D eigenvalue weighted by Crippen LogP contribution is -2.12. The summed E-state index contributed by atoms with van der Waals surface area (Å²) in [6, 6.07) is 7.60. The second-order valence-corrected chi connectivity index (χ2v) is 4.14. The minimum Gasteiger partial charge on any atom is -0.508 e. The molecule has 2 rings (SSSR count). The molecular formula is C15H12N2O4. The number of benzene rings is 1. The third-order valence-electron chi connectivity index (χ3n) is 2.63. The molecule has 0 spiro atoms. The average Bonchev–Trinajstić information content (AvgIpc) is 2.47. The van der Waals surface area contributed by atoms with E-state index in [1.54, 1.807) is 18.2 Å². The zero-order chi connectivity index (χ0) is 15.2. The van der Waals surface area contributed by atoms with E-state index in [9.17, 15) is 9.59 Å². The molecule has 0 atom stereocenters. The number of rotatable bonds is 4. The summed E-state index contributed by atoms with van der Waals surface area (Å²) in [5.41, 5.74) is 0.828. The lowest BCUT2D eigenvalue weighted by Gasteiger charge is -2.05. The van der Waals surface area contributed by atoms with Crippen LogP contribution >= 0.6 is 0 Å². The molecule has 6 nitrogen and oxygen atoms in total. The SMILES string of the molecule is O=C(C=Cc1ccc(O)cc1)Nc1cnccc1C(=O)O. The number of aromatic nitrogens is 1. The number of anilines is 1. The van der Waals surface area contributed by atoms with Crippen LogP contribution in [-0.2, 0) is 4.79 Å². The summed E-state index contributed by atoms with van der Waals surface area (Å²) in [5, 5.41) is 20.6. The van der Waals surface area contributed by atoms with Gasteiger partial charge in [-0.25, -0.2) is 4.79 Å². The van der Waals surface area contributed by atoms with Gasteiger partial charge in [-0.2, -0.15) is 0 Å². The van der Waals surface area contributed by atoms with Gasteiger partial charge in [0, 0.05) is 12.3 Å². The van der Waals surface area contributed by atoms with E-state index in [4.69, 9.17) is 10.2 Å². The van der Waals surface area contributed by atoms with Crippen LogP contribution in [0.3, 0.4) is 0 Å². The van der Waals surface area contributed by atoms with Crippen molar-refractivity contribution in [2.75, 3.05) is 5.32 Å². The Hall–Kier alpha value is -3.15. The van der Waals surface area contributed by atoms with Gasteiger partial charge in [-0.05, 0) is 29.8 Å². The van der Waals surface area contributed by atoms with Crippen LogP contribution in [-0.4, -0.2) is 27.1 Å². The molecule has 0 saturated carbocycles. The molecule has 1 aromatic heterocycles. The number of carboxylic acid groups (broad SMARTS) is 1. The van der Waals surface area contributed by atoms with Crippen LogP contribution in [0.5, 0.6) is 5.75 Å². The molecule has 0 fully saturated rings. The van der Waals surface area contributed by atoms with Crippen molar-refractivity contribution >= 4 is 23.6 Å². The maximum Gasteiger partial charge on any atom is 0.337 e. The number of carboxylic acids is 1. The Balaban J connectivity index is 2.08. The smallest absolute Gasteiger partial charge is 0.337 e. The standard InChI is InChI=1S/C15H12N2O4/c18-11-4-1-10(2-5-11)3-6-14(19)17-13-9-16-8-7-12(13)15(20)21/h1-9,18H,(H,17,19)(H,20,21). The van der Waals surface area contributed by atoms with E-state index in [0.717, 1.165) is 5.56 Å². The lowest BCUT2D eigenvalue weighted by molar-refractivity contribution is -0.111. The fourth-order valence-corrected chi connectivity index (χ4v) is 1.61. The largest absolute Gasteiger partial charge is 0.508 e. The van der Waals surface area contributed by atoms with Gasteiger partial charge in [-0.3, -0.25) is 9.78 Å². The van der Waals surface area contributed by atoms with E-state index in [1.807, 2.05) is 0 Å². The summed E-state index contributed by atoms with van der Waals surface area (Å²) in [6.45, 7) is 0. The quantitative estimate of drug-likeness (QED) is 0.747. The number of carbonyl (C=O) groups excluding carboxylic acids is 1. The van der Waals surface area contributed by atoms with Gasteiger partial charge in [0.25, 0.3) is 0 Å². The van der Waals surface area contributed by atoms with Crippen LogP contribution in [0.1, 0.15) is 15.9 Å². The first-order valence-electron chi connectivity index (χ1n) is 6.01. The number of aromatic carboxylic acids is 1. The molecule has 1 heterocycles. The molecular weight excluding hydrogens is 272 g/mol. The molecule has 0 saturated heterocycles. The number of amides is 1. The van der Waals surface area contributed by atoms with E-state index in [0.29, 0.717) is 0 Å². The van der Waals surface area contributed by atoms with Gasteiger partial charge in [0.05, 0.1) is 17.4 Å². The zero-order valence-corrected chi connectivity index (χ0v) is 10.9. The Morgan fingerprint density at radius 2 is 1.86 bits per heavy atom. The van der Waals surface area contributed by atoms with Crippen molar-refractivity contribution in [3.63, 3.8) is 0 Å². The van der Waals surface area contributed by atoms with E-state index in [2.05, 4.69) is 10.3 Å². The first-order valence-corrected chi connectivity index (χ1v) is 6.01. The number of aromatic hydroxyl groups is 1. The summed E-state index contributed by atoms with van der Waals surface area (Å²) in [6.07, 6.45) is 5.43. The highest BCUT2D eigenvalue weighted by molar-refractivity contribution is 6.05. The second-order valence-electron chi connectivity index (χ2n) is 4.14. The zero-order valence-electron chi connectivity index (χ0n) is 10.9. The minimum atomic E-state index is -1.14. The molecule has 21 heavy (non-hydrogen) atoms. The van der Waals surface area contributed by atoms with Crippen molar-refractivity contribution < 1.29 is 19.8 Å². The number of pyridine rings is 1. The summed E-state index contributed by atoms with van der Waals surface area (Å²) in [4.78, 5) is 26.5. The highest BCUT2D eigenvalue weighted by atomic mass is 16.4. The maximum absolute atomic E-state index is 11.8. The predicted molar refractivity (Wildman–Crippen MR) is 77.0 cm³/mol. The number of hydrogen-bond donors (Lipinski definition) is 3. The Bertz CT molecular complexity index is 693. The van der Waals surface area contributed by atoms with E-state index >= 15 is 0 Å². The van der Waals surface area contributed by atoms with Gasteiger partial charge in [0.15, 0.2) is 0 Å². The highest BCUT2D eigenvalue weighted by Crippen LogP contribution is 2.14. The van der Waals surface area contributed by atoms with E-state index in [-0.39, 0.29) is 17.0 Å². The molecule has 106 valence electrons. The summed E-state index contributed by atoms with van der Waals surface area (Å²) >= 11 is 0. The van der Waals surface area contributed by atoms with Crippen molar-refractivity contribution in [1.82, 2.24) is 4.98 Å². The van der Waals surface area contributed by atoms with Gasteiger partial charge in [0.2, 0.25) is 5.91 Å². The monoisotopic (exact) mass is 284 g/mol. The molecule has 6 heteroatoms. The number of nitrogens with zero attached hydrogens (tertiary/aromatic N) is 1. The number of phenolic OH excluding ortho intramolecular Hbond substituents is 1. The number of phenols is 1. The Labute approximate surface area is 120 Å². The third-order valence-corrected chi connectivity index (χ3v) is 2.63. The van der Waals surface area contributed by atoms with Crippen molar-refractivity contribution in [3.8, 4) is 5.75 Å². The molecule has 2 aromatic rings. The van der Waals surface area contributed by atoms with Gasteiger partial charge in [-0.1, -0.05) is 12.1 Å². The molecule has 0 bridgehead atoms. The van der Waals surface area contributed by atoms with E-state index in [1.165, 1.54) is 36.7 Å². The number of hydrogen-bond acceptors (Lipinski definition) is 4. The summed E-state index contributed by atoms with van der Waals surface area (Å²) < 4.78 is 0. The van der Waals surface area contributed by atoms with Gasteiger partial charge in [0.1, 0.15) is 5.75 Å². The minimum absolute atomic E-state index is 0.0311. The van der Waals surface area contributed by atoms with Crippen LogP contribution < -0.4 is 5.32 Å². The molecule has 0 radical (unpaired) electrons. The molecule has 0 aliphatic heterocycles. The summed E-state index contributed by atoms with van der Waals surface area (Å²) in [5.74, 6) is -1.48. The molecule has 0 aliphatic carbocycles. The van der Waals surface area contributed by atoms with Crippen molar-refractivity contribution in [1.29, 1.82) is 0 Å². The third kappa shape index (κ3) is 3.90. The molecule has 0 unspecified atom stereocenters. The topological polar surface area (TPSA) is 99.5 Å². The fraction of sp³-hybridized carbons (Fsp3) is 0. The molecule has 1 aromatic carbocycles. The van der Waals surface area contributed by atoms with Crippen LogP contribution in [0.2, 0.25) is 0 Å². The molecule has 1 amide bonds. The van der Waals surface area contributed by atoms with Crippen molar-refractivity contribution in [2.24, 2.45) is 0 Å². The Kier molecular flexibility index (Phi) is 4.30. The molecule has 0 aliphatic rings. The van der Waals surface area contributed by atoms with Crippen LogP contribution in [0.25, 0.3) is 6.08 Å². The van der Waals surface area contributed by atoms with E-state index < -0.39 is 11.9 Å². The number of nitrogens with one attached hydrogen (secondary N) is 1. The van der Waals surface area contributed by atoms with Crippen LogP contribution in [0, 0.1) is 0 Å². The first kappa shape index (κ1) is 14.3. The summed E-state index contributed by atoms with van der Waals surface area (Å²) in [7, 11) is 0. The fourth-order valence-electron chi connectivity index (χ4n) is 1.61. The lowest BCUT2D eigenvalue weighted by atomic mass is 10.2. The second kappa shape index (κ2) is 6.33. The van der Waals surface area contributed by atoms with Gasteiger partial charge >= 0.3 is 5.97 Å². The van der Waals surface area contributed by atoms with Gasteiger partial charge in [-0.15, -0.1) is 0 Å². The predicted octanol–water partition coefficient (Wildman–Crippen LogP) is 2.14.